The minimum Gasteiger partial charge on any atom is -0.427 e. The molecule has 0 spiro atoms. The van der Waals surface area contributed by atoms with Crippen molar-refractivity contribution in [2.24, 2.45) is 0 Å². The van der Waals surface area contributed by atoms with Crippen molar-refractivity contribution in [3.63, 3.8) is 0 Å². The maximum Gasteiger partial charge on any atom is 0.459 e. The number of allylic oxidation sites excluding steroid dienone is 4. The van der Waals surface area contributed by atoms with Crippen molar-refractivity contribution >= 4 is 7.12 Å². The second kappa shape index (κ2) is 3.04. The summed E-state index contributed by atoms with van der Waals surface area (Å²) < 4.78 is 0. The molecule has 0 bridgehead atoms. The lowest BCUT2D eigenvalue weighted by Gasteiger charge is -2.12. The van der Waals surface area contributed by atoms with Gasteiger partial charge in [0.2, 0.25) is 0 Å². The lowest BCUT2D eigenvalue weighted by Crippen LogP contribution is -2.19. The van der Waals surface area contributed by atoms with E-state index in [0.29, 0.717) is 0 Å². The Kier molecular flexibility index (Phi) is 2.30. The molecule has 0 aromatic rings. The summed E-state index contributed by atoms with van der Waals surface area (Å²) in [7, 11) is -1.21. The van der Waals surface area contributed by atoms with E-state index in [1.54, 1.807) is 0 Å². The van der Waals surface area contributed by atoms with E-state index in [1.165, 1.54) is 5.57 Å². The van der Waals surface area contributed by atoms with Gasteiger partial charge >= 0.3 is 7.12 Å². The zero-order valence-electron chi connectivity index (χ0n) is 5.99. The molecule has 1 atom stereocenters. The highest BCUT2D eigenvalue weighted by Crippen LogP contribution is 2.21. The van der Waals surface area contributed by atoms with Gasteiger partial charge in [0.1, 0.15) is 0 Å². The molecular formula is C7H11BO2. The smallest absolute Gasteiger partial charge is 0.427 e. The van der Waals surface area contributed by atoms with Crippen LogP contribution < -0.4 is 0 Å². The first kappa shape index (κ1) is 7.57. The van der Waals surface area contributed by atoms with Crippen LogP contribution in [0, 0.1) is 0 Å². The Hall–Kier alpha value is -0.535. The third-order valence-electron chi connectivity index (χ3n) is 1.70. The molecule has 0 fully saturated rings. The second-order valence-corrected chi connectivity index (χ2v) is 2.62. The first-order valence-corrected chi connectivity index (χ1v) is 3.41. The van der Waals surface area contributed by atoms with Gasteiger partial charge in [0.25, 0.3) is 0 Å². The van der Waals surface area contributed by atoms with Crippen LogP contribution in [-0.4, -0.2) is 17.2 Å². The fraction of sp³-hybridized carbons (Fsp3) is 0.429. The molecule has 1 aliphatic carbocycles. The van der Waals surface area contributed by atoms with Gasteiger partial charge in [-0.1, -0.05) is 23.8 Å². The lowest BCUT2D eigenvalue weighted by molar-refractivity contribution is 0.394. The molecule has 10 heavy (non-hydrogen) atoms. The molecule has 1 rings (SSSR count). The van der Waals surface area contributed by atoms with E-state index in [-0.39, 0.29) is 5.82 Å². The van der Waals surface area contributed by atoms with E-state index in [1.807, 2.05) is 25.2 Å². The highest BCUT2D eigenvalue weighted by Gasteiger charge is 2.20. The molecule has 3 heteroatoms. The van der Waals surface area contributed by atoms with Gasteiger partial charge in [-0.25, -0.2) is 0 Å². The Morgan fingerprint density at radius 1 is 1.60 bits per heavy atom. The number of hydrogen-bond acceptors (Lipinski definition) is 2. The van der Waals surface area contributed by atoms with Gasteiger partial charge in [-0.3, -0.25) is 0 Å². The van der Waals surface area contributed by atoms with Crippen LogP contribution in [0.25, 0.3) is 0 Å². The average molecular weight is 138 g/mol. The predicted octanol–water partition coefficient (Wildman–Crippen LogP) is 0.736. The van der Waals surface area contributed by atoms with Gasteiger partial charge in [0, 0.05) is 5.82 Å². The summed E-state index contributed by atoms with van der Waals surface area (Å²) in [6, 6.07) is 0. The van der Waals surface area contributed by atoms with Crippen LogP contribution in [0.15, 0.2) is 23.8 Å². The van der Waals surface area contributed by atoms with E-state index in [2.05, 4.69) is 0 Å². The fourth-order valence-electron chi connectivity index (χ4n) is 0.965. The Labute approximate surface area is 61.0 Å². The van der Waals surface area contributed by atoms with Crippen molar-refractivity contribution in [2.45, 2.75) is 19.2 Å². The Bertz CT molecular complexity index is 172. The quantitative estimate of drug-likeness (QED) is 0.524. The summed E-state index contributed by atoms with van der Waals surface area (Å²) in [6.45, 7) is 2.00. The monoisotopic (exact) mass is 138 g/mol. The third kappa shape index (κ3) is 1.72. The Balaban J connectivity index is 2.52. The fourth-order valence-corrected chi connectivity index (χ4v) is 0.965. The summed E-state index contributed by atoms with van der Waals surface area (Å²) in [5.41, 5.74) is 1.19. The third-order valence-corrected chi connectivity index (χ3v) is 1.70. The molecule has 0 heterocycles. The summed E-state index contributed by atoms with van der Waals surface area (Å²) in [5, 5.41) is 17.5. The average Bonchev–Trinajstić information content (AvgIpc) is 1.88. The summed E-state index contributed by atoms with van der Waals surface area (Å²) in [6.07, 6.45) is 6.48. The normalized spacial score (nSPS) is 24.3. The van der Waals surface area contributed by atoms with E-state index in [4.69, 9.17) is 10.0 Å². The molecular weight excluding hydrogens is 127 g/mol. The summed E-state index contributed by atoms with van der Waals surface area (Å²) in [4.78, 5) is 0. The number of hydrogen-bond donors (Lipinski definition) is 2. The molecule has 0 saturated heterocycles. The maximum atomic E-state index is 8.74. The molecule has 0 saturated carbocycles. The van der Waals surface area contributed by atoms with Crippen molar-refractivity contribution in [1.82, 2.24) is 0 Å². The largest absolute Gasteiger partial charge is 0.459 e. The van der Waals surface area contributed by atoms with Crippen LogP contribution in [0.1, 0.15) is 13.3 Å². The molecule has 0 aromatic carbocycles. The standard InChI is InChI=1S/C7H11BO2/c1-6-2-4-7(5-3-6)8(9)10/h2-4,7,9-10H,5H2,1H3. The molecule has 1 unspecified atom stereocenters. The maximum absolute atomic E-state index is 8.74. The van der Waals surface area contributed by atoms with Crippen LogP contribution >= 0.6 is 0 Å². The van der Waals surface area contributed by atoms with E-state index in [0.717, 1.165) is 6.42 Å². The topological polar surface area (TPSA) is 40.5 Å². The summed E-state index contributed by atoms with van der Waals surface area (Å²) >= 11 is 0. The van der Waals surface area contributed by atoms with E-state index < -0.39 is 7.12 Å². The van der Waals surface area contributed by atoms with Crippen molar-refractivity contribution in [1.29, 1.82) is 0 Å². The first-order chi connectivity index (χ1) is 4.70. The van der Waals surface area contributed by atoms with Crippen LogP contribution in [0.3, 0.4) is 0 Å². The molecule has 0 amide bonds. The van der Waals surface area contributed by atoms with Crippen molar-refractivity contribution in [2.75, 3.05) is 0 Å². The molecule has 0 aromatic heterocycles. The summed E-state index contributed by atoms with van der Waals surface area (Å²) in [5.74, 6) is -0.108. The zero-order chi connectivity index (χ0) is 7.56. The van der Waals surface area contributed by atoms with Crippen LogP contribution in [0.5, 0.6) is 0 Å². The molecule has 0 aliphatic heterocycles. The minimum absolute atomic E-state index is 0.108. The minimum atomic E-state index is -1.21. The molecule has 0 radical (unpaired) electrons. The predicted molar refractivity (Wildman–Crippen MR) is 41.5 cm³/mol. The van der Waals surface area contributed by atoms with Gasteiger partial charge in [-0.15, -0.1) is 0 Å². The number of rotatable bonds is 1. The highest BCUT2D eigenvalue weighted by molar-refractivity contribution is 6.44. The zero-order valence-corrected chi connectivity index (χ0v) is 5.99. The lowest BCUT2D eigenvalue weighted by atomic mass is 9.69. The molecule has 2 N–H and O–H groups in total. The Morgan fingerprint density at radius 3 is 2.70 bits per heavy atom. The van der Waals surface area contributed by atoms with Crippen molar-refractivity contribution < 1.29 is 10.0 Å². The molecule has 54 valence electrons. The second-order valence-electron chi connectivity index (χ2n) is 2.62. The van der Waals surface area contributed by atoms with Crippen LogP contribution in [0.4, 0.5) is 0 Å². The van der Waals surface area contributed by atoms with Gasteiger partial charge in [-0.05, 0) is 13.3 Å². The van der Waals surface area contributed by atoms with Gasteiger partial charge in [-0.2, -0.15) is 0 Å². The van der Waals surface area contributed by atoms with Gasteiger partial charge in [0.05, 0.1) is 0 Å². The van der Waals surface area contributed by atoms with Gasteiger partial charge in [0.15, 0.2) is 0 Å². The molecule has 2 nitrogen and oxygen atoms in total. The van der Waals surface area contributed by atoms with Crippen molar-refractivity contribution in [3.8, 4) is 0 Å². The SMILES string of the molecule is CC1=CCC(B(O)O)C=C1. The Morgan fingerprint density at radius 2 is 2.30 bits per heavy atom. The molecule has 1 aliphatic rings. The van der Waals surface area contributed by atoms with Crippen molar-refractivity contribution in [3.05, 3.63) is 23.8 Å². The van der Waals surface area contributed by atoms with Crippen LogP contribution in [0.2, 0.25) is 5.82 Å². The van der Waals surface area contributed by atoms with Crippen LogP contribution in [-0.2, 0) is 0 Å². The first-order valence-electron chi connectivity index (χ1n) is 3.41. The highest BCUT2D eigenvalue weighted by atomic mass is 16.4. The van der Waals surface area contributed by atoms with E-state index >= 15 is 0 Å². The van der Waals surface area contributed by atoms with E-state index in [9.17, 15) is 0 Å². The van der Waals surface area contributed by atoms with Gasteiger partial charge < -0.3 is 10.0 Å².